The lowest BCUT2D eigenvalue weighted by Gasteiger charge is -2.23. The van der Waals surface area contributed by atoms with Gasteiger partial charge in [-0.3, -0.25) is 0 Å². The average Bonchev–Trinajstić information content (AvgIpc) is 2.59. The summed E-state index contributed by atoms with van der Waals surface area (Å²) in [5.74, 6) is 1.01. The van der Waals surface area contributed by atoms with Crippen molar-refractivity contribution >= 4 is 0 Å². The maximum absolute atomic E-state index is 3.95. The van der Waals surface area contributed by atoms with E-state index in [1.165, 1.54) is 129 Å². The minimum absolute atomic E-state index is 0.827. The summed E-state index contributed by atoms with van der Waals surface area (Å²) in [7, 11) is 0. The molecular formula is C22H43N. The van der Waals surface area contributed by atoms with Gasteiger partial charge in [0.15, 0.2) is 0 Å². The first-order valence-electron chi connectivity index (χ1n) is 11.2. The molecule has 2 saturated carbocycles. The van der Waals surface area contributed by atoms with Crippen LogP contribution in [0.3, 0.4) is 0 Å². The molecule has 0 aromatic heterocycles. The molecule has 2 aliphatic rings. The van der Waals surface area contributed by atoms with E-state index >= 15 is 0 Å². The first kappa shape index (κ1) is 19.3. The van der Waals surface area contributed by atoms with Crippen LogP contribution in [0.25, 0.3) is 0 Å². The van der Waals surface area contributed by atoms with Crippen molar-refractivity contribution in [3.8, 4) is 0 Å². The molecule has 0 heterocycles. The fourth-order valence-corrected chi connectivity index (χ4v) is 4.69. The number of hydrogen-bond donors (Lipinski definition) is 1. The third-order valence-corrected chi connectivity index (χ3v) is 6.32. The van der Waals surface area contributed by atoms with E-state index in [1.54, 1.807) is 0 Å². The van der Waals surface area contributed by atoms with E-state index in [-0.39, 0.29) is 0 Å². The van der Waals surface area contributed by atoms with Crippen molar-refractivity contribution in [3.63, 3.8) is 0 Å². The van der Waals surface area contributed by atoms with Crippen molar-refractivity contribution in [2.75, 3.05) is 6.54 Å². The van der Waals surface area contributed by atoms with Crippen molar-refractivity contribution in [2.24, 2.45) is 5.92 Å². The zero-order chi connectivity index (χ0) is 16.0. The Hall–Kier alpha value is -0.0400. The van der Waals surface area contributed by atoms with Crippen LogP contribution in [0.4, 0.5) is 0 Å². The highest BCUT2D eigenvalue weighted by Crippen LogP contribution is 2.24. The van der Waals surface area contributed by atoms with Crippen molar-refractivity contribution in [1.82, 2.24) is 5.32 Å². The van der Waals surface area contributed by atoms with Crippen LogP contribution < -0.4 is 5.32 Å². The third-order valence-electron chi connectivity index (χ3n) is 6.32. The van der Waals surface area contributed by atoms with E-state index in [1.807, 2.05) is 0 Å². The van der Waals surface area contributed by atoms with E-state index in [2.05, 4.69) is 5.32 Å². The highest BCUT2D eigenvalue weighted by molar-refractivity contribution is 4.71. The Kier molecular flexibility index (Phi) is 11.1. The van der Waals surface area contributed by atoms with Crippen LogP contribution in [0.5, 0.6) is 0 Å². The van der Waals surface area contributed by atoms with Crippen LogP contribution in [0.1, 0.15) is 122 Å². The Balaban J connectivity index is 1.62. The smallest absolute Gasteiger partial charge is 0.00670 e. The molecule has 2 fully saturated rings. The lowest BCUT2D eigenvalue weighted by Crippen LogP contribution is -2.31. The second-order valence-corrected chi connectivity index (χ2v) is 8.41. The van der Waals surface area contributed by atoms with Crippen LogP contribution >= 0.6 is 0 Å². The van der Waals surface area contributed by atoms with Gasteiger partial charge in [0, 0.05) is 6.04 Å². The second kappa shape index (κ2) is 13.3. The summed E-state index contributed by atoms with van der Waals surface area (Å²) in [4.78, 5) is 0. The highest BCUT2D eigenvalue weighted by atomic mass is 14.9. The summed E-state index contributed by atoms with van der Waals surface area (Å²) in [6, 6.07) is 0.827. The molecular weight excluding hydrogens is 278 g/mol. The monoisotopic (exact) mass is 321 g/mol. The van der Waals surface area contributed by atoms with Gasteiger partial charge in [-0.15, -0.1) is 0 Å². The summed E-state index contributed by atoms with van der Waals surface area (Å²) in [6.07, 6.45) is 28.1. The van der Waals surface area contributed by atoms with E-state index in [0.717, 1.165) is 12.0 Å². The SMILES string of the molecule is C1CCCCC(CCNC2CCCCCCCCC2)CCCC1. The van der Waals surface area contributed by atoms with Gasteiger partial charge in [0.2, 0.25) is 0 Å². The topological polar surface area (TPSA) is 12.0 Å². The molecule has 1 heteroatoms. The Morgan fingerprint density at radius 1 is 0.478 bits per heavy atom. The molecule has 2 rings (SSSR count). The van der Waals surface area contributed by atoms with Gasteiger partial charge in [0.1, 0.15) is 0 Å². The fourth-order valence-electron chi connectivity index (χ4n) is 4.69. The van der Waals surface area contributed by atoms with Crippen LogP contribution in [0.15, 0.2) is 0 Å². The van der Waals surface area contributed by atoms with Crippen molar-refractivity contribution in [3.05, 3.63) is 0 Å². The van der Waals surface area contributed by atoms with Crippen molar-refractivity contribution < 1.29 is 0 Å². The van der Waals surface area contributed by atoms with Gasteiger partial charge < -0.3 is 5.32 Å². The Morgan fingerprint density at radius 3 is 1.35 bits per heavy atom. The van der Waals surface area contributed by atoms with Gasteiger partial charge >= 0.3 is 0 Å². The molecule has 0 radical (unpaired) electrons. The first-order valence-corrected chi connectivity index (χ1v) is 11.2. The maximum Gasteiger partial charge on any atom is 0.00670 e. The van der Waals surface area contributed by atoms with Gasteiger partial charge in [0.25, 0.3) is 0 Å². The predicted molar refractivity (Wildman–Crippen MR) is 103 cm³/mol. The van der Waals surface area contributed by atoms with Crippen LogP contribution in [-0.4, -0.2) is 12.6 Å². The largest absolute Gasteiger partial charge is 0.314 e. The van der Waals surface area contributed by atoms with E-state index in [0.29, 0.717) is 0 Å². The molecule has 0 atom stereocenters. The molecule has 0 aromatic carbocycles. The van der Waals surface area contributed by atoms with Crippen LogP contribution in [-0.2, 0) is 0 Å². The van der Waals surface area contributed by atoms with Gasteiger partial charge in [0.05, 0.1) is 0 Å². The predicted octanol–water partition coefficient (Wildman–Crippen LogP) is 7.00. The molecule has 0 amide bonds. The number of rotatable bonds is 4. The quantitative estimate of drug-likeness (QED) is 0.587. The lowest BCUT2D eigenvalue weighted by molar-refractivity contribution is 0.339. The molecule has 0 spiro atoms. The molecule has 0 aromatic rings. The molecule has 0 unspecified atom stereocenters. The Bertz CT molecular complexity index is 217. The number of nitrogens with one attached hydrogen (secondary N) is 1. The summed E-state index contributed by atoms with van der Waals surface area (Å²) in [5, 5.41) is 3.95. The molecule has 23 heavy (non-hydrogen) atoms. The van der Waals surface area contributed by atoms with Crippen LogP contribution in [0.2, 0.25) is 0 Å². The van der Waals surface area contributed by atoms with Gasteiger partial charge in [-0.2, -0.15) is 0 Å². The van der Waals surface area contributed by atoms with E-state index in [9.17, 15) is 0 Å². The summed E-state index contributed by atoms with van der Waals surface area (Å²) in [6.45, 7) is 1.29. The molecule has 136 valence electrons. The third kappa shape index (κ3) is 9.75. The molecule has 0 saturated heterocycles. The van der Waals surface area contributed by atoms with Gasteiger partial charge in [-0.05, 0) is 31.7 Å². The Labute approximate surface area is 146 Å². The van der Waals surface area contributed by atoms with Crippen molar-refractivity contribution in [1.29, 1.82) is 0 Å². The molecule has 2 aliphatic carbocycles. The number of hydrogen-bond acceptors (Lipinski definition) is 1. The first-order chi connectivity index (χ1) is 11.4. The highest BCUT2D eigenvalue weighted by Gasteiger charge is 2.13. The minimum atomic E-state index is 0.827. The fraction of sp³-hybridized carbons (Fsp3) is 1.00. The summed E-state index contributed by atoms with van der Waals surface area (Å²) < 4.78 is 0. The van der Waals surface area contributed by atoms with Gasteiger partial charge in [-0.25, -0.2) is 0 Å². The summed E-state index contributed by atoms with van der Waals surface area (Å²) in [5.41, 5.74) is 0. The molecule has 1 N–H and O–H groups in total. The zero-order valence-electron chi connectivity index (χ0n) is 15.8. The molecule has 0 bridgehead atoms. The van der Waals surface area contributed by atoms with Crippen LogP contribution in [0, 0.1) is 5.92 Å². The van der Waals surface area contributed by atoms with E-state index < -0.39 is 0 Å². The van der Waals surface area contributed by atoms with Crippen molar-refractivity contribution in [2.45, 2.75) is 128 Å². The van der Waals surface area contributed by atoms with E-state index in [4.69, 9.17) is 0 Å². The standard InChI is InChI=1S/C22H43N/c1-3-7-11-15-21(16-12-8-4-1)19-20-23-22-17-13-9-5-2-6-10-14-18-22/h21-23H,1-20H2. The second-order valence-electron chi connectivity index (χ2n) is 8.41. The maximum atomic E-state index is 3.95. The lowest BCUT2D eigenvalue weighted by atomic mass is 9.89. The normalized spacial score (nSPS) is 25.0. The molecule has 1 nitrogen and oxygen atoms in total. The zero-order valence-corrected chi connectivity index (χ0v) is 15.8. The Morgan fingerprint density at radius 2 is 0.870 bits per heavy atom. The molecule has 0 aliphatic heterocycles. The van der Waals surface area contributed by atoms with Gasteiger partial charge in [-0.1, -0.05) is 103 Å². The average molecular weight is 322 g/mol. The minimum Gasteiger partial charge on any atom is -0.314 e. The summed E-state index contributed by atoms with van der Waals surface area (Å²) >= 11 is 0.